The topological polar surface area (TPSA) is 31.2 Å². The van der Waals surface area contributed by atoms with E-state index in [-0.39, 0.29) is 5.56 Å². The highest BCUT2D eigenvalue weighted by atomic mass is 35.5. The van der Waals surface area contributed by atoms with Crippen LogP contribution in [0, 0.1) is 6.92 Å². The molecule has 1 aromatic carbocycles. The molecule has 1 heterocycles. The minimum absolute atomic E-state index is 0.231. The Morgan fingerprint density at radius 2 is 1.95 bits per heavy atom. The first kappa shape index (κ1) is 14.4. The summed E-state index contributed by atoms with van der Waals surface area (Å²) in [5.41, 5.74) is 2.65. The maximum atomic E-state index is 12.5. The van der Waals surface area contributed by atoms with Crippen LogP contribution in [0.3, 0.4) is 0 Å². The van der Waals surface area contributed by atoms with Crippen LogP contribution in [0.4, 0.5) is 0 Å². The smallest absolute Gasteiger partial charge is 0.291 e. The van der Waals surface area contributed by atoms with E-state index in [0.29, 0.717) is 22.0 Å². The largest absolute Gasteiger partial charge is 0.371 e. The highest BCUT2D eigenvalue weighted by Crippen LogP contribution is 2.27. The SMILES string of the molecule is C=Cc1c2cccccc-2n(Oc2ccc(Cl)cc2C)c1=O. The van der Waals surface area contributed by atoms with E-state index in [2.05, 4.69) is 6.58 Å². The van der Waals surface area contributed by atoms with Crippen LogP contribution in [-0.2, 0) is 0 Å². The molecule has 0 saturated carbocycles. The lowest BCUT2D eigenvalue weighted by atomic mass is 10.1. The van der Waals surface area contributed by atoms with E-state index in [1.165, 1.54) is 4.73 Å². The van der Waals surface area contributed by atoms with Gasteiger partial charge in [-0.25, -0.2) is 0 Å². The van der Waals surface area contributed by atoms with E-state index in [9.17, 15) is 4.79 Å². The minimum atomic E-state index is -0.231. The van der Waals surface area contributed by atoms with Gasteiger partial charge in [0, 0.05) is 10.6 Å². The second-order valence-corrected chi connectivity index (χ2v) is 5.36. The molecule has 3 nitrogen and oxygen atoms in total. The van der Waals surface area contributed by atoms with Gasteiger partial charge in [-0.15, -0.1) is 4.73 Å². The van der Waals surface area contributed by atoms with Crippen LogP contribution in [0.1, 0.15) is 11.1 Å². The van der Waals surface area contributed by atoms with Gasteiger partial charge in [0.15, 0.2) is 5.75 Å². The quantitative estimate of drug-likeness (QED) is 0.718. The summed E-state index contributed by atoms with van der Waals surface area (Å²) in [6.07, 6.45) is 1.55. The fraction of sp³-hybridized carbons (Fsp3) is 0.0556. The second kappa shape index (κ2) is 5.70. The molecule has 0 unspecified atom stereocenters. The Kier molecular flexibility index (Phi) is 3.73. The van der Waals surface area contributed by atoms with Crippen LogP contribution in [0.25, 0.3) is 17.3 Å². The molecule has 0 aromatic heterocycles. The van der Waals surface area contributed by atoms with Crippen LogP contribution < -0.4 is 10.4 Å². The van der Waals surface area contributed by atoms with Gasteiger partial charge in [0.1, 0.15) is 0 Å². The summed E-state index contributed by atoms with van der Waals surface area (Å²) in [7, 11) is 0. The summed E-state index contributed by atoms with van der Waals surface area (Å²) in [6, 6.07) is 14.6. The van der Waals surface area contributed by atoms with Crippen molar-refractivity contribution in [2.75, 3.05) is 0 Å². The third-order valence-electron chi connectivity index (χ3n) is 3.47. The van der Waals surface area contributed by atoms with Crippen molar-refractivity contribution < 1.29 is 4.84 Å². The fourth-order valence-electron chi connectivity index (χ4n) is 2.38. The zero-order chi connectivity index (χ0) is 15.7. The van der Waals surface area contributed by atoms with E-state index in [4.69, 9.17) is 16.4 Å². The third-order valence-corrected chi connectivity index (χ3v) is 3.70. The molecule has 3 rings (SSSR count). The molecule has 0 amide bonds. The van der Waals surface area contributed by atoms with Gasteiger partial charge >= 0.3 is 0 Å². The van der Waals surface area contributed by atoms with Crippen molar-refractivity contribution in [1.29, 1.82) is 0 Å². The first-order valence-electron chi connectivity index (χ1n) is 6.82. The summed E-state index contributed by atoms with van der Waals surface area (Å²) < 4.78 is 1.29. The molecule has 0 fully saturated rings. The van der Waals surface area contributed by atoms with Gasteiger partial charge in [-0.1, -0.05) is 48.5 Å². The summed E-state index contributed by atoms with van der Waals surface area (Å²) in [5, 5.41) is 0.628. The Bertz CT molecular complexity index is 883. The summed E-state index contributed by atoms with van der Waals surface area (Å²) >= 11 is 5.95. The third kappa shape index (κ3) is 2.40. The number of aryl methyl sites for hydroxylation is 1. The van der Waals surface area contributed by atoms with Gasteiger partial charge in [0.2, 0.25) is 0 Å². The Balaban J connectivity index is 2.18. The number of rotatable bonds is 3. The van der Waals surface area contributed by atoms with Crippen molar-refractivity contribution in [2.45, 2.75) is 6.92 Å². The minimum Gasteiger partial charge on any atom is -0.371 e. The van der Waals surface area contributed by atoms with Crippen LogP contribution in [0.5, 0.6) is 5.75 Å². The second-order valence-electron chi connectivity index (χ2n) is 4.93. The molecule has 0 spiro atoms. The Labute approximate surface area is 133 Å². The van der Waals surface area contributed by atoms with Crippen molar-refractivity contribution >= 4 is 17.7 Å². The number of halogens is 1. The number of benzene rings is 1. The molecule has 1 aromatic rings. The van der Waals surface area contributed by atoms with Gasteiger partial charge < -0.3 is 4.84 Å². The highest BCUT2D eigenvalue weighted by Gasteiger charge is 2.19. The number of aromatic nitrogens is 1. The highest BCUT2D eigenvalue weighted by molar-refractivity contribution is 6.30. The van der Waals surface area contributed by atoms with E-state index in [1.807, 2.05) is 37.3 Å². The predicted octanol–water partition coefficient (Wildman–Crippen LogP) is 4.40. The number of fused-ring (bicyclic) bond motifs is 1. The molecule has 0 radical (unpaired) electrons. The monoisotopic (exact) mass is 311 g/mol. The van der Waals surface area contributed by atoms with E-state index in [1.54, 1.807) is 24.3 Å². The van der Waals surface area contributed by atoms with E-state index >= 15 is 0 Å². The standard InChI is InChI=1S/C18H14ClNO2/c1-3-14-15-7-5-4-6-8-16(15)20(18(14)21)22-17-10-9-13(19)11-12(17)2/h3-11H,1H2,2H3. The van der Waals surface area contributed by atoms with Gasteiger partial charge in [0.25, 0.3) is 5.56 Å². The molecular formula is C18H14ClNO2. The molecule has 2 aliphatic rings. The van der Waals surface area contributed by atoms with Crippen molar-refractivity contribution in [3.8, 4) is 17.0 Å². The first-order chi connectivity index (χ1) is 10.6. The number of nitrogens with zero attached hydrogens (tertiary/aromatic N) is 1. The summed E-state index contributed by atoms with van der Waals surface area (Å²) in [5.74, 6) is 0.584. The maximum absolute atomic E-state index is 12.5. The van der Waals surface area contributed by atoms with E-state index in [0.717, 1.165) is 11.1 Å². The molecule has 110 valence electrons. The summed E-state index contributed by atoms with van der Waals surface area (Å²) in [6.45, 7) is 5.61. The molecule has 4 heteroatoms. The predicted molar refractivity (Wildman–Crippen MR) is 89.6 cm³/mol. The zero-order valence-electron chi connectivity index (χ0n) is 12.0. The Morgan fingerprint density at radius 3 is 2.68 bits per heavy atom. The first-order valence-corrected chi connectivity index (χ1v) is 7.20. The normalized spacial score (nSPS) is 10.6. The van der Waals surface area contributed by atoms with Crippen molar-refractivity contribution in [1.82, 2.24) is 4.73 Å². The average molecular weight is 312 g/mol. The molecule has 0 N–H and O–H groups in total. The van der Waals surface area contributed by atoms with Gasteiger partial charge in [-0.05, 0) is 36.8 Å². The van der Waals surface area contributed by atoms with Gasteiger partial charge in [-0.3, -0.25) is 4.79 Å². The lowest BCUT2D eigenvalue weighted by Crippen LogP contribution is -2.21. The fourth-order valence-corrected chi connectivity index (χ4v) is 2.60. The average Bonchev–Trinajstić information content (AvgIpc) is 2.66. The lowest BCUT2D eigenvalue weighted by molar-refractivity contribution is 0.211. The molecule has 0 atom stereocenters. The molecular weight excluding hydrogens is 298 g/mol. The van der Waals surface area contributed by atoms with Crippen LogP contribution >= 0.6 is 11.6 Å². The molecule has 0 saturated heterocycles. The Hall–Kier alpha value is -2.52. The molecule has 0 bridgehead atoms. The zero-order valence-corrected chi connectivity index (χ0v) is 12.8. The summed E-state index contributed by atoms with van der Waals surface area (Å²) in [4.78, 5) is 18.4. The lowest BCUT2D eigenvalue weighted by Gasteiger charge is -2.10. The van der Waals surface area contributed by atoms with E-state index < -0.39 is 0 Å². The Morgan fingerprint density at radius 1 is 1.18 bits per heavy atom. The molecule has 1 aliphatic heterocycles. The van der Waals surface area contributed by atoms with Crippen LogP contribution in [-0.4, -0.2) is 4.73 Å². The number of hydrogen-bond donors (Lipinski definition) is 0. The number of hydrogen-bond acceptors (Lipinski definition) is 2. The molecule has 1 aliphatic carbocycles. The van der Waals surface area contributed by atoms with Crippen molar-refractivity contribution in [3.05, 3.63) is 81.6 Å². The van der Waals surface area contributed by atoms with Crippen LogP contribution in [0.2, 0.25) is 5.02 Å². The van der Waals surface area contributed by atoms with Crippen LogP contribution in [0.15, 0.2) is 59.9 Å². The maximum Gasteiger partial charge on any atom is 0.291 e. The van der Waals surface area contributed by atoms with Crippen molar-refractivity contribution in [2.24, 2.45) is 0 Å². The molecule has 22 heavy (non-hydrogen) atoms. The van der Waals surface area contributed by atoms with Gasteiger partial charge in [-0.2, -0.15) is 0 Å². The van der Waals surface area contributed by atoms with Gasteiger partial charge in [0.05, 0.1) is 11.3 Å². The van der Waals surface area contributed by atoms with Crippen molar-refractivity contribution in [3.63, 3.8) is 0 Å².